The van der Waals surface area contributed by atoms with Crippen molar-refractivity contribution in [1.82, 2.24) is 10.2 Å². The molecule has 0 spiro atoms. The molecule has 2 amide bonds. The fourth-order valence-corrected chi connectivity index (χ4v) is 3.29. The Balaban J connectivity index is 1.70. The van der Waals surface area contributed by atoms with E-state index in [4.69, 9.17) is 0 Å². The lowest BCUT2D eigenvalue weighted by Crippen LogP contribution is -2.43. The number of carbonyl (C=O) groups is 1. The topological polar surface area (TPSA) is 52.6 Å². The maximum Gasteiger partial charge on any atom is 0.317 e. The van der Waals surface area contributed by atoms with Crippen molar-refractivity contribution >= 4 is 6.03 Å². The highest BCUT2D eigenvalue weighted by molar-refractivity contribution is 5.73. The van der Waals surface area contributed by atoms with Gasteiger partial charge >= 0.3 is 6.03 Å². The Morgan fingerprint density at radius 1 is 1.42 bits per heavy atom. The molecule has 0 aromatic rings. The molecule has 0 aromatic carbocycles. The Hall–Kier alpha value is -0.770. The van der Waals surface area contributed by atoms with Gasteiger partial charge in [0, 0.05) is 26.1 Å². The second-order valence-electron chi connectivity index (χ2n) is 6.55. The van der Waals surface area contributed by atoms with E-state index in [-0.39, 0.29) is 18.1 Å². The maximum absolute atomic E-state index is 12.0. The third-order valence-electron chi connectivity index (χ3n) is 4.83. The van der Waals surface area contributed by atoms with Crippen LogP contribution in [0.1, 0.15) is 51.9 Å². The molecule has 2 aliphatic rings. The van der Waals surface area contributed by atoms with E-state index in [0.29, 0.717) is 12.0 Å². The summed E-state index contributed by atoms with van der Waals surface area (Å²) in [5, 5.41) is 12.9. The first kappa shape index (κ1) is 14.6. The average Bonchev–Trinajstić information content (AvgIpc) is 3.04. The minimum Gasteiger partial charge on any atom is -0.393 e. The summed E-state index contributed by atoms with van der Waals surface area (Å²) in [5.74, 6) is 0.265. The normalized spacial score (nSPS) is 28.2. The molecule has 110 valence electrons. The number of hydrogen-bond donors (Lipinski definition) is 2. The van der Waals surface area contributed by atoms with Crippen molar-refractivity contribution in [2.75, 3.05) is 20.1 Å². The van der Waals surface area contributed by atoms with Gasteiger partial charge in [0.1, 0.15) is 0 Å². The van der Waals surface area contributed by atoms with E-state index < -0.39 is 0 Å². The van der Waals surface area contributed by atoms with Gasteiger partial charge in [-0.25, -0.2) is 4.79 Å². The summed E-state index contributed by atoms with van der Waals surface area (Å²) in [7, 11) is 1.83. The van der Waals surface area contributed by atoms with Crippen molar-refractivity contribution in [3.05, 3.63) is 0 Å². The molecule has 4 nitrogen and oxygen atoms in total. The summed E-state index contributed by atoms with van der Waals surface area (Å²) in [6.45, 7) is 3.69. The first-order valence-electron chi connectivity index (χ1n) is 7.73. The summed E-state index contributed by atoms with van der Waals surface area (Å²) in [4.78, 5) is 13.8. The van der Waals surface area contributed by atoms with E-state index in [1.54, 1.807) is 4.90 Å². The van der Waals surface area contributed by atoms with Crippen LogP contribution in [0.4, 0.5) is 4.79 Å². The monoisotopic (exact) mass is 268 g/mol. The van der Waals surface area contributed by atoms with Crippen LogP contribution in [-0.4, -0.2) is 42.3 Å². The predicted octanol–water partition coefficient (Wildman–Crippen LogP) is 2.37. The van der Waals surface area contributed by atoms with E-state index in [2.05, 4.69) is 12.2 Å². The van der Waals surface area contributed by atoms with Crippen LogP contribution in [0.15, 0.2) is 0 Å². The summed E-state index contributed by atoms with van der Waals surface area (Å²) in [6.07, 6.45) is 7.72. The SMILES string of the molecule is CCCC1(CNC(=O)N(C)CC2CCCC2O)CC1. The summed E-state index contributed by atoms with van der Waals surface area (Å²) in [5.41, 5.74) is 0.401. The second-order valence-corrected chi connectivity index (χ2v) is 6.55. The number of amides is 2. The van der Waals surface area contributed by atoms with Crippen LogP contribution >= 0.6 is 0 Å². The van der Waals surface area contributed by atoms with Crippen LogP contribution in [0, 0.1) is 11.3 Å². The van der Waals surface area contributed by atoms with Crippen LogP contribution in [-0.2, 0) is 0 Å². The standard InChI is InChI=1S/C15H28N2O2/c1-3-7-15(8-9-15)11-16-14(19)17(2)10-12-5-4-6-13(12)18/h12-13,18H,3-11H2,1-2H3,(H,16,19). The lowest BCUT2D eigenvalue weighted by Gasteiger charge is -2.25. The van der Waals surface area contributed by atoms with Crippen LogP contribution in [0.5, 0.6) is 0 Å². The molecule has 2 unspecified atom stereocenters. The molecule has 2 rings (SSSR count). The van der Waals surface area contributed by atoms with Crippen LogP contribution in [0.3, 0.4) is 0 Å². The molecule has 0 bridgehead atoms. The number of nitrogens with zero attached hydrogens (tertiary/aromatic N) is 1. The molecule has 2 N–H and O–H groups in total. The average molecular weight is 268 g/mol. The number of aliphatic hydroxyl groups is 1. The predicted molar refractivity (Wildman–Crippen MR) is 76.0 cm³/mol. The van der Waals surface area contributed by atoms with Gasteiger partial charge < -0.3 is 15.3 Å². The second kappa shape index (κ2) is 6.12. The van der Waals surface area contributed by atoms with Gasteiger partial charge in [-0.2, -0.15) is 0 Å². The van der Waals surface area contributed by atoms with E-state index in [1.165, 1.54) is 25.7 Å². The van der Waals surface area contributed by atoms with Gasteiger partial charge in [-0.1, -0.05) is 19.8 Å². The minimum absolute atomic E-state index is 0.0153. The molecule has 0 saturated heterocycles. The number of aliphatic hydroxyl groups excluding tert-OH is 1. The van der Waals surface area contributed by atoms with Crippen molar-refractivity contribution in [1.29, 1.82) is 0 Å². The molecular formula is C15H28N2O2. The molecule has 2 saturated carbocycles. The lowest BCUT2D eigenvalue weighted by atomic mass is 10.0. The Morgan fingerprint density at radius 3 is 2.68 bits per heavy atom. The van der Waals surface area contributed by atoms with Gasteiger partial charge in [-0.05, 0) is 37.5 Å². The molecule has 2 fully saturated rings. The number of nitrogens with one attached hydrogen (secondary N) is 1. The Labute approximate surface area is 116 Å². The Morgan fingerprint density at radius 2 is 2.16 bits per heavy atom. The van der Waals surface area contributed by atoms with Gasteiger partial charge in [0.15, 0.2) is 0 Å². The van der Waals surface area contributed by atoms with Crippen LogP contribution in [0.25, 0.3) is 0 Å². The molecule has 0 aromatic heterocycles. The fourth-order valence-electron chi connectivity index (χ4n) is 3.29. The highest BCUT2D eigenvalue weighted by atomic mass is 16.3. The maximum atomic E-state index is 12.0. The van der Waals surface area contributed by atoms with E-state index in [1.807, 2.05) is 7.05 Å². The first-order chi connectivity index (χ1) is 9.06. The highest BCUT2D eigenvalue weighted by Gasteiger charge is 2.41. The Kier molecular flexibility index (Phi) is 4.71. The van der Waals surface area contributed by atoms with Gasteiger partial charge in [0.2, 0.25) is 0 Å². The van der Waals surface area contributed by atoms with Gasteiger partial charge in [0.25, 0.3) is 0 Å². The molecule has 0 aliphatic heterocycles. The molecule has 0 heterocycles. The van der Waals surface area contributed by atoms with E-state index in [0.717, 1.165) is 25.8 Å². The quantitative estimate of drug-likeness (QED) is 0.777. The molecular weight excluding hydrogens is 240 g/mol. The van der Waals surface area contributed by atoms with Crippen molar-refractivity contribution in [3.63, 3.8) is 0 Å². The van der Waals surface area contributed by atoms with Gasteiger partial charge in [-0.3, -0.25) is 0 Å². The van der Waals surface area contributed by atoms with Crippen molar-refractivity contribution < 1.29 is 9.90 Å². The molecule has 2 atom stereocenters. The van der Waals surface area contributed by atoms with E-state index in [9.17, 15) is 9.90 Å². The highest BCUT2D eigenvalue weighted by Crippen LogP contribution is 2.48. The summed E-state index contributed by atoms with van der Waals surface area (Å²) in [6, 6.07) is 0.0153. The molecule has 4 heteroatoms. The smallest absolute Gasteiger partial charge is 0.317 e. The first-order valence-corrected chi connectivity index (χ1v) is 7.73. The van der Waals surface area contributed by atoms with Crippen LogP contribution in [0.2, 0.25) is 0 Å². The Bertz CT molecular complexity index is 315. The molecule has 2 aliphatic carbocycles. The zero-order valence-corrected chi connectivity index (χ0v) is 12.3. The van der Waals surface area contributed by atoms with Crippen molar-refractivity contribution in [3.8, 4) is 0 Å². The van der Waals surface area contributed by atoms with Crippen molar-refractivity contribution in [2.45, 2.75) is 58.0 Å². The third kappa shape index (κ3) is 3.85. The largest absolute Gasteiger partial charge is 0.393 e. The minimum atomic E-state index is -0.217. The number of hydrogen-bond acceptors (Lipinski definition) is 2. The number of rotatable bonds is 6. The number of carbonyl (C=O) groups excluding carboxylic acids is 1. The summed E-state index contributed by atoms with van der Waals surface area (Å²) < 4.78 is 0. The zero-order chi connectivity index (χ0) is 13.9. The van der Waals surface area contributed by atoms with Gasteiger partial charge in [-0.15, -0.1) is 0 Å². The fraction of sp³-hybridized carbons (Fsp3) is 0.933. The van der Waals surface area contributed by atoms with E-state index >= 15 is 0 Å². The van der Waals surface area contributed by atoms with Crippen LogP contribution < -0.4 is 5.32 Å². The molecule has 0 radical (unpaired) electrons. The lowest BCUT2D eigenvalue weighted by molar-refractivity contribution is 0.113. The third-order valence-corrected chi connectivity index (χ3v) is 4.83. The summed E-state index contributed by atoms with van der Waals surface area (Å²) >= 11 is 0. The number of urea groups is 1. The molecule has 19 heavy (non-hydrogen) atoms. The van der Waals surface area contributed by atoms with Gasteiger partial charge in [0.05, 0.1) is 6.10 Å². The zero-order valence-electron chi connectivity index (χ0n) is 12.3. The van der Waals surface area contributed by atoms with Crippen molar-refractivity contribution in [2.24, 2.45) is 11.3 Å².